The van der Waals surface area contributed by atoms with Crippen LogP contribution in [0.1, 0.15) is 23.2 Å². The maximum Gasteiger partial charge on any atom is 0.323 e. The lowest BCUT2D eigenvalue weighted by molar-refractivity contribution is -0.137. The molecule has 0 saturated heterocycles. The summed E-state index contributed by atoms with van der Waals surface area (Å²) >= 11 is 3.21. The van der Waals surface area contributed by atoms with Crippen molar-refractivity contribution in [1.82, 2.24) is 9.88 Å². The van der Waals surface area contributed by atoms with Crippen LogP contribution in [0.2, 0.25) is 0 Å². The summed E-state index contributed by atoms with van der Waals surface area (Å²) in [5, 5.41) is 8.86. The molecule has 1 fully saturated rings. The van der Waals surface area contributed by atoms with E-state index >= 15 is 0 Å². The molecule has 6 heteroatoms. The first-order valence-electron chi connectivity index (χ1n) is 5.69. The number of hydrogen-bond acceptors (Lipinski definition) is 3. The van der Waals surface area contributed by atoms with Crippen LogP contribution in [0.15, 0.2) is 22.9 Å². The topological polar surface area (TPSA) is 70.5 Å². The van der Waals surface area contributed by atoms with E-state index in [1.807, 2.05) is 0 Å². The van der Waals surface area contributed by atoms with Crippen LogP contribution < -0.4 is 0 Å². The fourth-order valence-electron chi connectivity index (χ4n) is 1.71. The van der Waals surface area contributed by atoms with Crippen molar-refractivity contribution in [1.29, 1.82) is 0 Å². The van der Waals surface area contributed by atoms with E-state index < -0.39 is 5.97 Å². The number of amides is 1. The van der Waals surface area contributed by atoms with Crippen LogP contribution in [0.4, 0.5) is 0 Å². The van der Waals surface area contributed by atoms with Crippen LogP contribution in [-0.2, 0) is 4.79 Å². The summed E-state index contributed by atoms with van der Waals surface area (Å²) in [4.78, 5) is 28.4. The lowest BCUT2D eigenvalue weighted by atomic mass is 10.2. The number of carboxylic acids is 1. The maximum absolute atomic E-state index is 12.3. The van der Waals surface area contributed by atoms with Gasteiger partial charge >= 0.3 is 5.97 Å². The third-order valence-corrected chi connectivity index (χ3v) is 3.41. The normalized spacial score (nSPS) is 14.3. The highest BCUT2D eigenvalue weighted by Crippen LogP contribution is 2.30. The van der Waals surface area contributed by atoms with Crippen molar-refractivity contribution in [3.63, 3.8) is 0 Å². The Bertz CT molecular complexity index is 474. The lowest BCUT2D eigenvalue weighted by Gasteiger charge is -2.20. The van der Waals surface area contributed by atoms with Gasteiger partial charge in [0.1, 0.15) is 11.1 Å². The van der Waals surface area contributed by atoms with Crippen LogP contribution in [0.5, 0.6) is 0 Å². The Balaban J connectivity index is 2.15. The Kier molecular flexibility index (Phi) is 3.96. The predicted molar refractivity (Wildman–Crippen MR) is 68.2 cm³/mol. The highest BCUT2D eigenvalue weighted by molar-refractivity contribution is 9.10. The molecule has 18 heavy (non-hydrogen) atoms. The Labute approximate surface area is 113 Å². The fraction of sp³-hybridized carbons (Fsp3) is 0.417. The van der Waals surface area contributed by atoms with E-state index in [4.69, 9.17) is 5.11 Å². The molecular formula is C12H13BrN2O3. The van der Waals surface area contributed by atoms with Crippen molar-refractivity contribution in [3.05, 3.63) is 28.5 Å². The largest absolute Gasteiger partial charge is 0.480 e. The van der Waals surface area contributed by atoms with Gasteiger partial charge in [0.2, 0.25) is 0 Å². The van der Waals surface area contributed by atoms with Gasteiger partial charge < -0.3 is 10.0 Å². The molecule has 1 aliphatic carbocycles. The molecule has 5 nitrogen and oxygen atoms in total. The number of rotatable bonds is 5. The van der Waals surface area contributed by atoms with Gasteiger partial charge in [-0.3, -0.25) is 9.59 Å². The quantitative estimate of drug-likeness (QED) is 0.841. The number of halogens is 1. The lowest BCUT2D eigenvalue weighted by Crippen LogP contribution is -2.37. The Morgan fingerprint density at radius 2 is 2.22 bits per heavy atom. The van der Waals surface area contributed by atoms with Crippen LogP contribution >= 0.6 is 15.9 Å². The van der Waals surface area contributed by atoms with Crippen molar-refractivity contribution in [3.8, 4) is 0 Å². The number of pyridine rings is 1. The van der Waals surface area contributed by atoms with Crippen molar-refractivity contribution in [2.45, 2.75) is 12.8 Å². The molecule has 96 valence electrons. The Hall–Kier alpha value is -1.43. The average Bonchev–Trinajstić information content (AvgIpc) is 3.11. The standard InChI is InChI=1S/C12H13BrN2O3/c13-11-9(2-1-5-14-11)12(18)15(7-10(16)17)6-8-3-4-8/h1-2,5,8H,3-4,6-7H2,(H,16,17). The number of nitrogens with zero attached hydrogens (tertiary/aromatic N) is 2. The van der Waals surface area contributed by atoms with E-state index in [9.17, 15) is 9.59 Å². The summed E-state index contributed by atoms with van der Waals surface area (Å²) in [7, 11) is 0. The molecule has 1 aliphatic rings. The summed E-state index contributed by atoms with van der Waals surface area (Å²) in [6, 6.07) is 3.30. The Morgan fingerprint density at radius 1 is 1.50 bits per heavy atom. The molecule has 1 heterocycles. The van der Waals surface area contributed by atoms with Crippen LogP contribution in [0, 0.1) is 5.92 Å². The molecule has 0 aliphatic heterocycles. The molecule has 0 bridgehead atoms. The number of aliphatic carboxylic acids is 1. The second-order valence-corrected chi connectivity index (χ2v) is 5.12. The van der Waals surface area contributed by atoms with Gasteiger partial charge in [-0.1, -0.05) is 0 Å². The molecule has 2 rings (SSSR count). The van der Waals surface area contributed by atoms with Gasteiger partial charge in [-0.15, -0.1) is 0 Å². The van der Waals surface area contributed by atoms with Crippen molar-refractivity contribution < 1.29 is 14.7 Å². The monoisotopic (exact) mass is 312 g/mol. The zero-order valence-electron chi connectivity index (χ0n) is 9.67. The van der Waals surface area contributed by atoms with E-state index in [-0.39, 0.29) is 12.5 Å². The second-order valence-electron chi connectivity index (χ2n) is 4.36. The number of hydrogen-bond donors (Lipinski definition) is 1. The number of carbonyl (C=O) groups is 2. The van der Waals surface area contributed by atoms with Crippen LogP contribution in [-0.4, -0.2) is 40.0 Å². The van der Waals surface area contributed by atoms with Crippen LogP contribution in [0.3, 0.4) is 0 Å². The first kappa shape index (κ1) is 13.0. The van der Waals surface area contributed by atoms with Gasteiger partial charge in [0.05, 0.1) is 5.56 Å². The predicted octanol–water partition coefficient (Wildman–Crippen LogP) is 1.78. The first-order valence-corrected chi connectivity index (χ1v) is 6.49. The highest BCUT2D eigenvalue weighted by Gasteiger charge is 2.29. The molecule has 1 saturated carbocycles. The van der Waals surface area contributed by atoms with Gasteiger partial charge in [0.25, 0.3) is 5.91 Å². The fourth-order valence-corrected chi connectivity index (χ4v) is 2.13. The molecule has 0 aromatic carbocycles. The SMILES string of the molecule is O=C(O)CN(CC1CC1)C(=O)c1cccnc1Br. The molecule has 0 unspecified atom stereocenters. The van der Waals surface area contributed by atoms with E-state index in [1.165, 1.54) is 4.90 Å². The molecule has 1 aromatic rings. The summed E-state index contributed by atoms with van der Waals surface area (Å²) in [6.07, 6.45) is 3.71. The van der Waals surface area contributed by atoms with Crippen molar-refractivity contribution in [2.75, 3.05) is 13.1 Å². The summed E-state index contributed by atoms with van der Waals surface area (Å²) in [5.41, 5.74) is 0.402. The minimum absolute atomic E-state index is 0.267. The van der Waals surface area contributed by atoms with Crippen molar-refractivity contribution >= 4 is 27.8 Å². The van der Waals surface area contributed by atoms with Crippen molar-refractivity contribution in [2.24, 2.45) is 5.92 Å². The molecule has 1 aromatic heterocycles. The van der Waals surface area contributed by atoms with Gasteiger partial charge in [0.15, 0.2) is 0 Å². The summed E-state index contributed by atoms with van der Waals surface area (Å²) in [5.74, 6) is -0.836. The minimum atomic E-state index is -0.996. The maximum atomic E-state index is 12.3. The number of carboxylic acid groups (broad SMARTS) is 1. The summed E-state index contributed by atoms with van der Waals surface area (Å²) < 4.78 is 0.446. The van der Waals surface area contributed by atoms with Crippen LogP contribution in [0.25, 0.3) is 0 Å². The molecule has 0 atom stereocenters. The zero-order valence-corrected chi connectivity index (χ0v) is 11.3. The second kappa shape index (κ2) is 5.48. The first-order chi connectivity index (χ1) is 8.58. The van der Waals surface area contributed by atoms with Gasteiger partial charge in [-0.25, -0.2) is 4.98 Å². The molecular weight excluding hydrogens is 300 g/mol. The zero-order chi connectivity index (χ0) is 13.1. The van der Waals surface area contributed by atoms with Gasteiger partial charge in [-0.05, 0) is 46.8 Å². The number of carbonyl (C=O) groups excluding carboxylic acids is 1. The van der Waals surface area contributed by atoms with E-state index in [1.54, 1.807) is 18.3 Å². The Morgan fingerprint density at radius 3 is 2.78 bits per heavy atom. The molecule has 0 spiro atoms. The van der Waals surface area contributed by atoms with E-state index in [2.05, 4.69) is 20.9 Å². The van der Waals surface area contributed by atoms with E-state index in [0.717, 1.165) is 12.8 Å². The van der Waals surface area contributed by atoms with Gasteiger partial charge in [0, 0.05) is 12.7 Å². The third-order valence-electron chi connectivity index (χ3n) is 2.78. The third kappa shape index (κ3) is 3.29. The number of aromatic nitrogens is 1. The average molecular weight is 313 g/mol. The van der Waals surface area contributed by atoms with Gasteiger partial charge in [-0.2, -0.15) is 0 Å². The molecule has 1 amide bonds. The molecule has 1 N–H and O–H groups in total. The smallest absolute Gasteiger partial charge is 0.323 e. The van der Waals surface area contributed by atoms with E-state index in [0.29, 0.717) is 22.6 Å². The highest BCUT2D eigenvalue weighted by atomic mass is 79.9. The summed E-state index contributed by atoms with van der Waals surface area (Å²) in [6.45, 7) is 0.239. The molecule has 0 radical (unpaired) electrons. The minimum Gasteiger partial charge on any atom is -0.480 e.